The van der Waals surface area contributed by atoms with Gasteiger partial charge in [-0.15, -0.1) is 0 Å². The van der Waals surface area contributed by atoms with Crippen molar-refractivity contribution in [1.82, 2.24) is 0 Å². The SMILES string of the molecule is C=CCOC(=O)c1ccc(NC(O)c2ccc(N)c(OCC(C)C)c2OCC=C)cc1. The van der Waals surface area contributed by atoms with Crippen LogP contribution in [-0.2, 0) is 4.74 Å². The van der Waals surface area contributed by atoms with Gasteiger partial charge in [0.1, 0.15) is 13.2 Å². The Labute approximate surface area is 183 Å². The number of nitrogen functional groups attached to an aromatic ring is 1. The Morgan fingerprint density at radius 1 is 1.06 bits per heavy atom. The van der Waals surface area contributed by atoms with E-state index in [9.17, 15) is 9.90 Å². The maximum Gasteiger partial charge on any atom is 0.338 e. The van der Waals surface area contributed by atoms with Crippen molar-refractivity contribution in [1.29, 1.82) is 0 Å². The van der Waals surface area contributed by atoms with Crippen LogP contribution in [-0.4, -0.2) is 30.9 Å². The van der Waals surface area contributed by atoms with E-state index in [0.29, 0.717) is 40.6 Å². The van der Waals surface area contributed by atoms with E-state index in [1.807, 2.05) is 13.8 Å². The van der Waals surface area contributed by atoms with Gasteiger partial charge in [0, 0.05) is 11.3 Å². The molecular weight excluding hydrogens is 396 g/mol. The number of hydrogen-bond donors (Lipinski definition) is 3. The first-order valence-electron chi connectivity index (χ1n) is 9.98. The summed E-state index contributed by atoms with van der Waals surface area (Å²) >= 11 is 0. The molecule has 0 fully saturated rings. The minimum atomic E-state index is -1.11. The Bertz CT molecular complexity index is 894. The van der Waals surface area contributed by atoms with Gasteiger partial charge in [-0.2, -0.15) is 0 Å². The Morgan fingerprint density at radius 3 is 2.35 bits per heavy atom. The first kappa shape index (κ1) is 23.8. The van der Waals surface area contributed by atoms with Crippen molar-refractivity contribution >= 4 is 17.3 Å². The summed E-state index contributed by atoms with van der Waals surface area (Å²) in [7, 11) is 0. The minimum absolute atomic E-state index is 0.142. The van der Waals surface area contributed by atoms with Gasteiger partial charge in [0.15, 0.2) is 17.7 Å². The molecule has 0 saturated carbocycles. The van der Waals surface area contributed by atoms with E-state index in [0.717, 1.165) is 0 Å². The van der Waals surface area contributed by atoms with Crippen molar-refractivity contribution < 1.29 is 24.1 Å². The zero-order chi connectivity index (χ0) is 22.8. The number of rotatable bonds is 12. The van der Waals surface area contributed by atoms with Crippen molar-refractivity contribution in [2.75, 3.05) is 30.9 Å². The summed E-state index contributed by atoms with van der Waals surface area (Å²) in [6, 6.07) is 9.90. The Hall–Kier alpha value is -3.45. The molecule has 0 aliphatic rings. The van der Waals surface area contributed by atoms with Crippen LogP contribution in [0.4, 0.5) is 11.4 Å². The molecule has 2 aromatic rings. The van der Waals surface area contributed by atoms with E-state index < -0.39 is 12.2 Å². The van der Waals surface area contributed by atoms with Gasteiger partial charge in [-0.1, -0.05) is 39.2 Å². The second kappa shape index (κ2) is 11.7. The molecule has 0 heterocycles. The summed E-state index contributed by atoms with van der Waals surface area (Å²) in [5.74, 6) is 0.576. The highest BCUT2D eigenvalue weighted by molar-refractivity contribution is 5.89. The van der Waals surface area contributed by atoms with E-state index in [1.54, 1.807) is 42.5 Å². The Balaban J connectivity index is 2.24. The lowest BCUT2D eigenvalue weighted by Crippen LogP contribution is -2.14. The number of anilines is 2. The van der Waals surface area contributed by atoms with Gasteiger partial charge in [0.25, 0.3) is 0 Å². The Kier molecular flexibility index (Phi) is 8.96. The number of carbonyl (C=O) groups is 1. The zero-order valence-electron chi connectivity index (χ0n) is 18.0. The van der Waals surface area contributed by atoms with Gasteiger partial charge in [0.2, 0.25) is 0 Å². The topological polar surface area (TPSA) is 103 Å². The third-order valence-electron chi connectivity index (χ3n) is 4.13. The van der Waals surface area contributed by atoms with Gasteiger partial charge in [0.05, 0.1) is 17.9 Å². The van der Waals surface area contributed by atoms with Crippen molar-refractivity contribution in [2.24, 2.45) is 5.92 Å². The molecule has 1 atom stereocenters. The van der Waals surface area contributed by atoms with E-state index >= 15 is 0 Å². The van der Waals surface area contributed by atoms with Crippen LogP contribution < -0.4 is 20.5 Å². The van der Waals surface area contributed by atoms with E-state index in [2.05, 4.69) is 18.5 Å². The van der Waals surface area contributed by atoms with Gasteiger partial charge in [-0.25, -0.2) is 4.79 Å². The van der Waals surface area contributed by atoms with Gasteiger partial charge in [-0.05, 0) is 42.3 Å². The van der Waals surface area contributed by atoms with Gasteiger partial charge in [-0.3, -0.25) is 0 Å². The van der Waals surface area contributed by atoms with Gasteiger partial charge >= 0.3 is 5.97 Å². The molecule has 7 nitrogen and oxygen atoms in total. The predicted molar refractivity (Wildman–Crippen MR) is 122 cm³/mol. The van der Waals surface area contributed by atoms with Crippen LogP contribution in [0.25, 0.3) is 0 Å². The van der Waals surface area contributed by atoms with Crippen LogP contribution in [0, 0.1) is 5.92 Å². The highest BCUT2D eigenvalue weighted by Gasteiger charge is 2.21. The fourth-order valence-corrected chi connectivity index (χ4v) is 2.65. The smallest absolute Gasteiger partial charge is 0.338 e. The number of aliphatic hydroxyl groups excluding tert-OH is 1. The van der Waals surface area contributed by atoms with Crippen LogP contribution in [0.2, 0.25) is 0 Å². The third-order valence-corrected chi connectivity index (χ3v) is 4.13. The number of nitrogens with two attached hydrogens (primary N) is 1. The molecule has 0 saturated heterocycles. The van der Waals surface area contributed by atoms with Crippen molar-refractivity contribution in [3.05, 3.63) is 72.8 Å². The lowest BCUT2D eigenvalue weighted by molar-refractivity contribution is 0.0550. The molecule has 0 aliphatic heterocycles. The molecule has 0 aromatic heterocycles. The maximum absolute atomic E-state index is 11.9. The van der Waals surface area contributed by atoms with E-state index in [4.69, 9.17) is 19.9 Å². The lowest BCUT2D eigenvalue weighted by Gasteiger charge is -2.22. The van der Waals surface area contributed by atoms with Crippen LogP contribution >= 0.6 is 0 Å². The standard InChI is InChI=1S/C24H30N2O5/c1-5-13-29-21-19(11-12-20(25)22(21)31-15-16(3)4)23(27)26-18-9-7-17(8-10-18)24(28)30-14-6-2/h5-12,16,23,26-27H,1-2,13-15,25H2,3-4H3. The molecule has 0 radical (unpaired) electrons. The molecule has 0 aliphatic carbocycles. The molecule has 2 aromatic carbocycles. The summed E-state index contributed by atoms with van der Waals surface area (Å²) < 4.78 is 16.7. The normalized spacial score (nSPS) is 11.5. The van der Waals surface area contributed by atoms with E-state index in [-0.39, 0.29) is 19.1 Å². The van der Waals surface area contributed by atoms with Crippen LogP contribution in [0.1, 0.15) is 36.0 Å². The summed E-state index contributed by atoms with van der Waals surface area (Å²) in [5.41, 5.74) is 7.97. The van der Waals surface area contributed by atoms with E-state index in [1.165, 1.54) is 6.08 Å². The summed E-state index contributed by atoms with van der Waals surface area (Å²) in [4.78, 5) is 11.9. The number of nitrogens with one attached hydrogen (secondary N) is 1. The number of carbonyl (C=O) groups excluding carboxylic acids is 1. The maximum atomic E-state index is 11.9. The average molecular weight is 427 g/mol. The molecule has 1 unspecified atom stereocenters. The third kappa shape index (κ3) is 6.79. The first-order valence-corrected chi connectivity index (χ1v) is 9.98. The first-order chi connectivity index (χ1) is 14.9. The molecular formula is C24H30N2O5. The molecule has 166 valence electrons. The zero-order valence-corrected chi connectivity index (χ0v) is 18.0. The second-order valence-corrected chi connectivity index (χ2v) is 7.22. The number of hydrogen-bond acceptors (Lipinski definition) is 7. The lowest BCUT2D eigenvalue weighted by atomic mass is 10.1. The monoisotopic (exact) mass is 426 g/mol. The fourth-order valence-electron chi connectivity index (χ4n) is 2.65. The van der Waals surface area contributed by atoms with Crippen LogP contribution in [0.5, 0.6) is 11.5 Å². The molecule has 7 heteroatoms. The van der Waals surface area contributed by atoms with Crippen molar-refractivity contribution in [3.8, 4) is 11.5 Å². The summed E-state index contributed by atoms with van der Waals surface area (Å²) in [6.45, 7) is 12.0. The number of esters is 1. The van der Waals surface area contributed by atoms with Crippen molar-refractivity contribution in [3.63, 3.8) is 0 Å². The second-order valence-electron chi connectivity index (χ2n) is 7.22. The van der Waals surface area contributed by atoms with Crippen LogP contribution in [0.15, 0.2) is 61.7 Å². The molecule has 31 heavy (non-hydrogen) atoms. The fraction of sp³-hybridized carbons (Fsp3) is 0.292. The number of ether oxygens (including phenoxy) is 3. The predicted octanol–water partition coefficient (Wildman–Crippen LogP) is 4.31. The summed E-state index contributed by atoms with van der Waals surface area (Å²) in [6.07, 6.45) is 1.99. The minimum Gasteiger partial charge on any atom is -0.487 e. The van der Waals surface area contributed by atoms with Crippen LogP contribution in [0.3, 0.4) is 0 Å². The molecule has 0 bridgehead atoms. The largest absolute Gasteiger partial charge is 0.487 e. The Morgan fingerprint density at radius 2 is 1.74 bits per heavy atom. The van der Waals surface area contributed by atoms with Crippen molar-refractivity contribution in [2.45, 2.75) is 20.1 Å². The quantitative estimate of drug-likeness (QED) is 0.201. The highest BCUT2D eigenvalue weighted by Crippen LogP contribution is 2.40. The highest BCUT2D eigenvalue weighted by atomic mass is 16.5. The number of benzene rings is 2. The molecule has 2 rings (SSSR count). The van der Waals surface area contributed by atoms with Gasteiger partial charge < -0.3 is 30.4 Å². The molecule has 0 spiro atoms. The average Bonchev–Trinajstić information content (AvgIpc) is 2.75. The summed E-state index contributed by atoms with van der Waals surface area (Å²) in [5, 5.41) is 13.8. The molecule has 0 amide bonds. The number of aliphatic hydroxyl groups is 1. The molecule has 4 N–H and O–H groups in total.